The molecule has 0 radical (unpaired) electrons. The lowest BCUT2D eigenvalue weighted by molar-refractivity contribution is 0.682. The highest BCUT2D eigenvalue weighted by molar-refractivity contribution is 5.42. The molecule has 1 fully saturated rings. The molecule has 3 nitrogen and oxygen atoms in total. The molecule has 0 aromatic carbocycles. The van der Waals surface area contributed by atoms with Crippen molar-refractivity contribution in [3.8, 4) is 0 Å². The second-order valence-corrected chi connectivity index (χ2v) is 5.38. The Hall–Kier alpha value is -1.35. The maximum atomic E-state index is 4.67. The normalized spacial score (nSPS) is 14.6. The van der Waals surface area contributed by atoms with Crippen molar-refractivity contribution in [2.45, 2.75) is 39.3 Å². The summed E-state index contributed by atoms with van der Waals surface area (Å²) >= 11 is 0. The zero-order chi connectivity index (χ0) is 13.1. The highest BCUT2D eigenvalue weighted by Crippen LogP contribution is 2.20. The molecule has 1 aromatic rings. The molecule has 1 heterocycles. The highest BCUT2D eigenvalue weighted by atomic mass is 15.2. The van der Waals surface area contributed by atoms with Crippen LogP contribution in [0.15, 0.2) is 24.3 Å². The SMILES string of the molecule is C=C(C)CN(C)c1ccc(CNC2CC2)c(C)n1. The van der Waals surface area contributed by atoms with Crippen LogP contribution in [-0.2, 0) is 6.54 Å². The number of anilines is 1. The zero-order valence-electron chi connectivity index (χ0n) is 11.7. The van der Waals surface area contributed by atoms with Gasteiger partial charge in [0.2, 0.25) is 0 Å². The Kier molecular flexibility index (Phi) is 4.02. The third-order valence-corrected chi connectivity index (χ3v) is 3.24. The molecule has 0 spiro atoms. The van der Waals surface area contributed by atoms with Crippen molar-refractivity contribution < 1.29 is 0 Å². The molecule has 1 aromatic heterocycles. The summed E-state index contributed by atoms with van der Waals surface area (Å²) < 4.78 is 0. The lowest BCUT2D eigenvalue weighted by Crippen LogP contribution is -2.21. The van der Waals surface area contributed by atoms with Crippen LogP contribution in [0.3, 0.4) is 0 Å². The van der Waals surface area contributed by atoms with Gasteiger partial charge in [-0.3, -0.25) is 0 Å². The van der Waals surface area contributed by atoms with E-state index in [1.807, 2.05) is 6.92 Å². The van der Waals surface area contributed by atoms with Crippen molar-refractivity contribution in [3.63, 3.8) is 0 Å². The molecule has 0 bridgehead atoms. The first kappa shape index (κ1) is 13.1. The number of hydrogen-bond acceptors (Lipinski definition) is 3. The summed E-state index contributed by atoms with van der Waals surface area (Å²) in [6.07, 6.45) is 2.65. The standard InChI is InChI=1S/C15H23N3/c1-11(2)10-18(4)15-8-5-13(12(3)17-15)9-16-14-6-7-14/h5,8,14,16H,1,6-7,9-10H2,2-4H3. The van der Waals surface area contributed by atoms with Gasteiger partial charge in [-0.2, -0.15) is 0 Å². The van der Waals surface area contributed by atoms with Gasteiger partial charge in [0.05, 0.1) is 0 Å². The fourth-order valence-corrected chi connectivity index (χ4v) is 2.00. The Labute approximate surface area is 110 Å². The fourth-order valence-electron chi connectivity index (χ4n) is 2.00. The maximum absolute atomic E-state index is 4.67. The van der Waals surface area contributed by atoms with Crippen molar-refractivity contribution in [3.05, 3.63) is 35.5 Å². The predicted molar refractivity (Wildman–Crippen MR) is 76.9 cm³/mol. The lowest BCUT2D eigenvalue weighted by Gasteiger charge is -2.19. The first-order chi connectivity index (χ1) is 8.56. The van der Waals surface area contributed by atoms with Crippen LogP contribution < -0.4 is 10.2 Å². The van der Waals surface area contributed by atoms with Crippen molar-refractivity contribution in [1.82, 2.24) is 10.3 Å². The summed E-state index contributed by atoms with van der Waals surface area (Å²) in [4.78, 5) is 6.80. The van der Waals surface area contributed by atoms with E-state index in [1.165, 1.54) is 18.4 Å². The quantitative estimate of drug-likeness (QED) is 0.781. The van der Waals surface area contributed by atoms with Crippen LogP contribution in [0.2, 0.25) is 0 Å². The Bertz CT molecular complexity index is 435. The molecule has 0 amide bonds. The molecular weight excluding hydrogens is 222 g/mol. The third kappa shape index (κ3) is 3.57. The van der Waals surface area contributed by atoms with E-state index in [1.54, 1.807) is 0 Å². The number of hydrogen-bond donors (Lipinski definition) is 1. The molecule has 1 aliphatic carbocycles. The molecule has 1 saturated carbocycles. The molecule has 1 N–H and O–H groups in total. The Morgan fingerprint density at radius 3 is 2.78 bits per heavy atom. The summed E-state index contributed by atoms with van der Waals surface area (Å²) in [5.41, 5.74) is 3.57. The van der Waals surface area contributed by atoms with Gasteiger partial charge < -0.3 is 10.2 Å². The van der Waals surface area contributed by atoms with E-state index in [-0.39, 0.29) is 0 Å². The van der Waals surface area contributed by atoms with Crippen molar-refractivity contribution in [2.75, 3.05) is 18.5 Å². The zero-order valence-corrected chi connectivity index (χ0v) is 11.7. The minimum absolute atomic E-state index is 0.746. The first-order valence-electron chi connectivity index (χ1n) is 6.61. The van der Waals surface area contributed by atoms with Crippen LogP contribution >= 0.6 is 0 Å². The van der Waals surface area contributed by atoms with E-state index in [0.717, 1.165) is 36.2 Å². The number of pyridine rings is 1. The van der Waals surface area contributed by atoms with Crippen LogP contribution in [0.25, 0.3) is 0 Å². The monoisotopic (exact) mass is 245 g/mol. The van der Waals surface area contributed by atoms with Gasteiger partial charge in [0, 0.05) is 31.9 Å². The van der Waals surface area contributed by atoms with E-state index < -0.39 is 0 Å². The predicted octanol–water partition coefficient (Wildman–Crippen LogP) is 2.65. The number of aryl methyl sites for hydroxylation is 1. The van der Waals surface area contributed by atoms with Crippen LogP contribution in [-0.4, -0.2) is 24.6 Å². The summed E-state index contributed by atoms with van der Waals surface area (Å²) in [5, 5.41) is 3.53. The Balaban J connectivity index is 2.00. The average molecular weight is 245 g/mol. The van der Waals surface area contributed by atoms with E-state index >= 15 is 0 Å². The minimum Gasteiger partial charge on any atom is -0.356 e. The molecule has 0 aliphatic heterocycles. The van der Waals surface area contributed by atoms with Crippen LogP contribution in [0, 0.1) is 6.92 Å². The van der Waals surface area contributed by atoms with Gasteiger partial charge in [-0.05, 0) is 38.3 Å². The molecule has 3 heteroatoms. The molecule has 18 heavy (non-hydrogen) atoms. The van der Waals surface area contributed by atoms with Crippen molar-refractivity contribution >= 4 is 5.82 Å². The van der Waals surface area contributed by atoms with Gasteiger partial charge in [0.15, 0.2) is 0 Å². The number of aromatic nitrogens is 1. The largest absolute Gasteiger partial charge is 0.356 e. The van der Waals surface area contributed by atoms with Crippen molar-refractivity contribution in [1.29, 1.82) is 0 Å². The maximum Gasteiger partial charge on any atom is 0.128 e. The van der Waals surface area contributed by atoms with E-state index in [0.29, 0.717) is 0 Å². The second kappa shape index (κ2) is 5.53. The Morgan fingerprint density at radius 2 is 2.22 bits per heavy atom. The van der Waals surface area contributed by atoms with E-state index in [9.17, 15) is 0 Å². The van der Waals surface area contributed by atoms with Crippen LogP contribution in [0.1, 0.15) is 31.0 Å². The molecule has 98 valence electrons. The fraction of sp³-hybridized carbons (Fsp3) is 0.533. The smallest absolute Gasteiger partial charge is 0.128 e. The summed E-state index contributed by atoms with van der Waals surface area (Å²) in [5.74, 6) is 1.02. The second-order valence-electron chi connectivity index (χ2n) is 5.38. The first-order valence-corrected chi connectivity index (χ1v) is 6.61. The summed E-state index contributed by atoms with van der Waals surface area (Å²) in [6.45, 7) is 9.85. The molecular formula is C15H23N3. The molecule has 1 aliphatic rings. The van der Waals surface area contributed by atoms with E-state index in [4.69, 9.17) is 0 Å². The number of nitrogens with zero attached hydrogens (tertiary/aromatic N) is 2. The summed E-state index contributed by atoms with van der Waals surface area (Å²) in [6, 6.07) is 5.03. The minimum atomic E-state index is 0.746. The average Bonchev–Trinajstić information content (AvgIpc) is 3.10. The summed E-state index contributed by atoms with van der Waals surface area (Å²) in [7, 11) is 2.05. The van der Waals surface area contributed by atoms with Crippen LogP contribution in [0.5, 0.6) is 0 Å². The van der Waals surface area contributed by atoms with Gasteiger partial charge in [-0.1, -0.05) is 18.2 Å². The van der Waals surface area contributed by atoms with Gasteiger partial charge in [0.1, 0.15) is 5.82 Å². The molecule has 0 saturated heterocycles. The lowest BCUT2D eigenvalue weighted by atomic mass is 10.2. The molecule has 2 rings (SSSR count). The van der Waals surface area contributed by atoms with Gasteiger partial charge in [-0.15, -0.1) is 0 Å². The van der Waals surface area contributed by atoms with Gasteiger partial charge in [0.25, 0.3) is 0 Å². The Morgan fingerprint density at radius 1 is 1.50 bits per heavy atom. The van der Waals surface area contributed by atoms with Gasteiger partial charge >= 0.3 is 0 Å². The van der Waals surface area contributed by atoms with Crippen LogP contribution in [0.4, 0.5) is 5.82 Å². The highest BCUT2D eigenvalue weighted by Gasteiger charge is 2.20. The van der Waals surface area contributed by atoms with Gasteiger partial charge in [-0.25, -0.2) is 4.98 Å². The number of likely N-dealkylation sites (N-methyl/N-ethyl adjacent to an activating group) is 1. The molecule has 0 unspecified atom stereocenters. The number of rotatable bonds is 6. The van der Waals surface area contributed by atoms with E-state index in [2.05, 4.69) is 47.9 Å². The topological polar surface area (TPSA) is 28.2 Å². The molecule has 0 atom stereocenters. The van der Waals surface area contributed by atoms with Crippen molar-refractivity contribution in [2.24, 2.45) is 0 Å². The third-order valence-electron chi connectivity index (χ3n) is 3.24. The number of nitrogens with one attached hydrogen (secondary N) is 1.